The van der Waals surface area contributed by atoms with Crippen molar-refractivity contribution in [1.29, 1.82) is 0 Å². The Morgan fingerprint density at radius 3 is 2.62 bits per heavy atom. The number of likely N-dealkylation sites (N-methyl/N-ethyl adjacent to an activating group) is 1. The van der Waals surface area contributed by atoms with Gasteiger partial charge in [0.25, 0.3) is 0 Å². The van der Waals surface area contributed by atoms with Gasteiger partial charge in [0.05, 0.1) is 6.61 Å². The third-order valence-electron chi connectivity index (χ3n) is 3.19. The maximum Gasteiger partial charge on any atom is 0.127 e. The lowest BCUT2D eigenvalue weighted by Crippen LogP contribution is -2.35. The van der Waals surface area contributed by atoms with Crippen LogP contribution in [-0.4, -0.2) is 37.2 Å². The molecule has 21 heavy (non-hydrogen) atoms. The fraction of sp³-hybridized carbons (Fsp3) is 0.647. The molecule has 0 aliphatic heterocycles. The number of halogens is 1. The van der Waals surface area contributed by atoms with Crippen LogP contribution in [0.1, 0.15) is 38.8 Å². The zero-order valence-corrected chi connectivity index (χ0v) is 14.0. The van der Waals surface area contributed by atoms with Crippen LogP contribution in [0.2, 0.25) is 0 Å². The van der Waals surface area contributed by atoms with Crippen LogP contribution >= 0.6 is 0 Å². The van der Waals surface area contributed by atoms with E-state index in [1.165, 1.54) is 0 Å². The maximum absolute atomic E-state index is 13.9. The topological polar surface area (TPSA) is 24.5 Å². The van der Waals surface area contributed by atoms with Crippen molar-refractivity contribution < 1.29 is 9.13 Å². The van der Waals surface area contributed by atoms with Crippen LogP contribution in [0, 0.1) is 5.82 Å². The molecule has 1 aromatic rings. The van der Waals surface area contributed by atoms with Crippen molar-refractivity contribution in [2.24, 2.45) is 0 Å². The highest BCUT2D eigenvalue weighted by atomic mass is 19.1. The normalized spacial score (nSPS) is 12.1. The van der Waals surface area contributed by atoms with Gasteiger partial charge in [0.15, 0.2) is 0 Å². The van der Waals surface area contributed by atoms with E-state index in [4.69, 9.17) is 4.74 Å². The van der Waals surface area contributed by atoms with Gasteiger partial charge >= 0.3 is 0 Å². The highest BCUT2D eigenvalue weighted by Crippen LogP contribution is 2.13. The molecule has 1 N–H and O–H groups in total. The van der Waals surface area contributed by atoms with Gasteiger partial charge in [0.1, 0.15) is 5.82 Å². The highest BCUT2D eigenvalue weighted by molar-refractivity contribution is 5.25. The van der Waals surface area contributed by atoms with Crippen molar-refractivity contribution in [2.45, 2.75) is 46.3 Å². The SMILES string of the molecule is CCOCCN(C)Cc1cc(CNC(C)(C)C)ccc1F. The Morgan fingerprint density at radius 2 is 2.00 bits per heavy atom. The quantitative estimate of drug-likeness (QED) is 0.746. The molecule has 1 rings (SSSR count). The Bertz CT molecular complexity index is 429. The maximum atomic E-state index is 13.9. The average Bonchev–Trinajstić information content (AvgIpc) is 2.39. The van der Waals surface area contributed by atoms with E-state index in [1.54, 1.807) is 6.07 Å². The molecule has 4 heteroatoms. The third kappa shape index (κ3) is 7.55. The summed E-state index contributed by atoms with van der Waals surface area (Å²) in [4.78, 5) is 2.08. The second-order valence-corrected chi connectivity index (χ2v) is 6.46. The highest BCUT2D eigenvalue weighted by Gasteiger charge is 2.11. The van der Waals surface area contributed by atoms with Crippen molar-refractivity contribution in [2.75, 3.05) is 26.8 Å². The van der Waals surface area contributed by atoms with Crippen LogP contribution in [0.4, 0.5) is 4.39 Å². The first kappa shape index (κ1) is 18.1. The number of benzene rings is 1. The summed E-state index contributed by atoms with van der Waals surface area (Å²) in [5.41, 5.74) is 1.91. The van der Waals surface area contributed by atoms with Crippen molar-refractivity contribution >= 4 is 0 Å². The molecule has 0 amide bonds. The van der Waals surface area contributed by atoms with Crippen LogP contribution in [-0.2, 0) is 17.8 Å². The largest absolute Gasteiger partial charge is 0.380 e. The van der Waals surface area contributed by atoms with Crippen LogP contribution < -0.4 is 5.32 Å². The molecule has 0 atom stereocenters. The molecular formula is C17H29FN2O. The molecule has 0 aromatic heterocycles. The smallest absolute Gasteiger partial charge is 0.127 e. The number of ether oxygens (including phenoxy) is 1. The molecule has 120 valence electrons. The van der Waals surface area contributed by atoms with Gasteiger partial charge in [0.2, 0.25) is 0 Å². The number of hydrogen-bond acceptors (Lipinski definition) is 3. The van der Waals surface area contributed by atoms with E-state index in [1.807, 2.05) is 26.1 Å². The molecule has 1 aromatic carbocycles. The predicted molar refractivity (Wildman–Crippen MR) is 85.8 cm³/mol. The molecule has 0 heterocycles. The molecule has 0 aliphatic carbocycles. The molecule has 3 nitrogen and oxygen atoms in total. The lowest BCUT2D eigenvalue weighted by atomic mass is 10.1. The minimum Gasteiger partial charge on any atom is -0.380 e. The van der Waals surface area contributed by atoms with E-state index in [9.17, 15) is 4.39 Å². The summed E-state index contributed by atoms with van der Waals surface area (Å²) in [6.07, 6.45) is 0. The van der Waals surface area contributed by atoms with Gasteiger partial charge in [-0.05, 0) is 46.4 Å². The summed E-state index contributed by atoms with van der Waals surface area (Å²) >= 11 is 0. The van der Waals surface area contributed by atoms with E-state index >= 15 is 0 Å². The Hall–Kier alpha value is -0.970. The Balaban J connectivity index is 2.60. The molecule has 0 spiro atoms. The molecule has 0 saturated heterocycles. The number of hydrogen-bond donors (Lipinski definition) is 1. The lowest BCUT2D eigenvalue weighted by molar-refractivity contribution is 0.120. The van der Waals surface area contributed by atoms with Crippen molar-refractivity contribution in [3.05, 3.63) is 35.1 Å². The average molecular weight is 296 g/mol. The first-order chi connectivity index (χ1) is 9.81. The summed E-state index contributed by atoms with van der Waals surface area (Å²) in [6.45, 7) is 11.9. The van der Waals surface area contributed by atoms with E-state index < -0.39 is 0 Å². The Labute approximate surface area is 128 Å². The Kier molecular flexibility index (Phi) is 7.29. The van der Waals surface area contributed by atoms with Gasteiger partial charge in [-0.25, -0.2) is 4.39 Å². The number of rotatable bonds is 8. The fourth-order valence-corrected chi connectivity index (χ4v) is 1.96. The van der Waals surface area contributed by atoms with Crippen molar-refractivity contribution in [3.8, 4) is 0 Å². The monoisotopic (exact) mass is 296 g/mol. The van der Waals surface area contributed by atoms with E-state index in [0.29, 0.717) is 13.2 Å². The minimum absolute atomic E-state index is 0.0584. The van der Waals surface area contributed by atoms with Gasteiger partial charge in [-0.1, -0.05) is 12.1 Å². The molecule has 0 fully saturated rings. The van der Waals surface area contributed by atoms with Gasteiger partial charge < -0.3 is 10.1 Å². The second kappa shape index (κ2) is 8.47. The van der Waals surface area contributed by atoms with Crippen molar-refractivity contribution in [3.63, 3.8) is 0 Å². The summed E-state index contributed by atoms with van der Waals surface area (Å²) in [6, 6.07) is 5.36. The zero-order chi connectivity index (χ0) is 15.9. The molecule has 0 saturated carbocycles. The summed E-state index contributed by atoms with van der Waals surface area (Å²) in [5.74, 6) is -0.141. The van der Waals surface area contributed by atoms with Gasteiger partial charge in [0, 0.05) is 37.3 Å². The molecule has 0 radical (unpaired) electrons. The van der Waals surface area contributed by atoms with Crippen LogP contribution in [0.5, 0.6) is 0 Å². The fourth-order valence-electron chi connectivity index (χ4n) is 1.96. The van der Waals surface area contributed by atoms with E-state index in [-0.39, 0.29) is 11.4 Å². The lowest BCUT2D eigenvalue weighted by Gasteiger charge is -2.21. The zero-order valence-electron chi connectivity index (χ0n) is 14.0. The second-order valence-electron chi connectivity index (χ2n) is 6.46. The molecule has 0 aliphatic rings. The predicted octanol–water partition coefficient (Wildman–Crippen LogP) is 3.18. The van der Waals surface area contributed by atoms with Crippen LogP contribution in [0.25, 0.3) is 0 Å². The summed E-state index contributed by atoms with van der Waals surface area (Å²) < 4.78 is 19.2. The summed E-state index contributed by atoms with van der Waals surface area (Å²) in [7, 11) is 1.98. The van der Waals surface area contributed by atoms with Crippen LogP contribution in [0.3, 0.4) is 0 Å². The van der Waals surface area contributed by atoms with Crippen molar-refractivity contribution in [1.82, 2.24) is 10.2 Å². The van der Waals surface area contributed by atoms with E-state index in [0.717, 1.165) is 30.8 Å². The number of nitrogens with zero attached hydrogens (tertiary/aromatic N) is 1. The van der Waals surface area contributed by atoms with Gasteiger partial charge in [-0.15, -0.1) is 0 Å². The molecule has 0 unspecified atom stereocenters. The first-order valence-electron chi connectivity index (χ1n) is 7.60. The standard InChI is InChI=1S/C17H29FN2O/c1-6-21-10-9-20(5)13-15-11-14(7-8-16(15)18)12-19-17(2,3)4/h7-8,11,19H,6,9-10,12-13H2,1-5H3. The number of nitrogens with one attached hydrogen (secondary N) is 1. The van der Waals surface area contributed by atoms with Crippen LogP contribution in [0.15, 0.2) is 18.2 Å². The van der Waals surface area contributed by atoms with E-state index in [2.05, 4.69) is 31.0 Å². The van der Waals surface area contributed by atoms with Gasteiger partial charge in [-0.3, -0.25) is 4.90 Å². The summed E-state index contributed by atoms with van der Waals surface area (Å²) in [5, 5.41) is 3.42. The first-order valence-corrected chi connectivity index (χ1v) is 7.60. The third-order valence-corrected chi connectivity index (χ3v) is 3.19. The van der Waals surface area contributed by atoms with Gasteiger partial charge in [-0.2, -0.15) is 0 Å². The molecule has 0 bridgehead atoms. The Morgan fingerprint density at radius 1 is 1.29 bits per heavy atom. The molecular weight excluding hydrogens is 267 g/mol. The minimum atomic E-state index is -0.141.